The fraction of sp³-hybridized carbons (Fsp3) is 0.500. The van der Waals surface area contributed by atoms with Crippen LogP contribution in [-0.4, -0.2) is 62.2 Å². The molecule has 0 unspecified atom stereocenters. The molecule has 0 aromatic heterocycles. The third-order valence-corrected chi connectivity index (χ3v) is 6.93. The molecule has 2 fully saturated rings. The van der Waals surface area contributed by atoms with Gasteiger partial charge in [0.1, 0.15) is 0 Å². The molecule has 2 saturated heterocycles. The normalized spacial score (nSPS) is 18.0. The summed E-state index contributed by atoms with van der Waals surface area (Å²) in [6.07, 6.45) is 3.35. The van der Waals surface area contributed by atoms with Gasteiger partial charge in [-0.2, -0.15) is 0 Å². The van der Waals surface area contributed by atoms with Crippen LogP contribution in [0.25, 0.3) is 0 Å². The second-order valence-electron chi connectivity index (χ2n) is 8.35. The van der Waals surface area contributed by atoms with Crippen LogP contribution in [0.2, 0.25) is 10.0 Å². The third-order valence-electron chi connectivity index (χ3n) is 6.12. The topological polar surface area (TPSA) is 19.0 Å². The lowest BCUT2D eigenvalue weighted by Crippen LogP contribution is -2.46. The van der Waals surface area contributed by atoms with Crippen LogP contribution in [0.1, 0.15) is 24.8 Å². The van der Waals surface area contributed by atoms with Crippen molar-refractivity contribution < 1.29 is 9.13 Å². The van der Waals surface area contributed by atoms with Crippen molar-refractivity contribution >= 4 is 28.9 Å². The van der Waals surface area contributed by atoms with Crippen LogP contribution < -0.4 is 9.64 Å². The van der Waals surface area contributed by atoms with E-state index in [0.29, 0.717) is 22.4 Å². The average molecular weight is 466 g/mol. The average Bonchev–Trinajstić information content (AvgIpc) is 3.28. The Labute approximate surface area is 194 Å². The van der Waals surface area contributed by atoms with Gasteiger partial charge in [-0.05, 0) is 62.2 Å². The summed E-state index contributed by atoms with van der Waals surface area (Å²) in [4.78, 5) is 7.06. The molecule has 0 aliphatic carbocycles. The Bertz CT molecular complexity index is 868. The minimum atomic E-state index is -0.260. The Balaban J connectivity index is 1.17. The van der Waals surface area contributed by atoms with E-state index in [4.69, 9.17) is 27.9 Å². The number of rotatable bonds is 8. The SMILES string of the molecule is Fc1cc(CN2CCCC2)ccc1OCCCN1CCN(c2cccc(Cl)c2Cl)CC1. The van der Waals surface area contributed by atoms with Crippen molar-refractivity contribution in [3.63, 3.8) is 0 Å². The molecule has 0 N–H and O–H groups in total. The summed E-state index contributed by atoms with van der Waals surface area (Å²) in [7, 11) is 0. The monoisotopic (exact) mass is 465 g/mol. The van der Waals surface area contributed by atoms with Crippen LogP contribution in [0, 0.1) is 5.82 Å². The van der Waals surface area contributed by atoms with Crippen LogP contribution in [0.4, 0.5) is 10.1 Å². The summed E-state index contributed by atoms with van der Waals surface area (Å²) in [5.74, 6) is 0.0919. The van der Waals surface area contributed by atoms with Crippen LogP contribution in [-0.2, 0) is 6.54 Å². The Morgan fingerprint density at radius 2 is 1.68 bits per heavy atom. The van der Waals surface area contributed by atoms with E-state index in [2.05, 4.69) is 14.7 Å². The number of likely N-dealkylation sites (tertiary alicyclic amines) is 1. The second-order valence-corrected chi connectivity index (χ2v) is 9.14. The van der Waals surface area contributed by atoms with Crippen LogP contribution >= 0.6 is 23.2 Å². The Hall–Kier alpha value is -1.53. The van der Waals surface area contributed by atoms with Gasteiger partial charge >= 0.3 is 0 Å². The van der Waals surface area contributed by atoms with Crippen LogP contribution in [0.5, 0.6) is 5.75 Å². The molecule has 0 amide bonds. The lowest BCUT2D eigenvalue weighted by Gasteiger charge is -2.36. The molecule has 168 valence electrons. The number of hydrogen-bond acceptors (Lipinski definition) is 4. The number of nitrogens with zero attached hydrogens (tertiary/aromatic N) is 3. The smallest absolute Gasteiger partial charge is 0.165 e. The van der Waals surface area contributed by atoms with Crippen LogP contribution in [0.15, 0.2) is 36.4 Å². The molecule has 0 atom stereocenters. The highest BCUT2D eigenvalue weighted by Gasteiger charge is 2.19. The predicted molar refractivity (Wildman–Crippen MR) is 126 cm³/mol. The van der Waals surface area contributed by atoms with Gasteiger partial charge in [-0.15, -0.1) is 0 Å². The van der Waals surface area contributed by atoms with Crippen molar-refractivity contribution in [1.29, 1.82) is 0 Å². The number of ether oxygens (including phenoxy) is 1. The fourth-order valence-electron chi connectivity index (χ4n) is 4.38. The summed E-state index contributed by atoms with van der Waals surface area (Å²) < 4.78 is 20.1. The number of halogens is 3. The van der Waals surface area contributed by atoms with Gasteiger partial charge in [0, 0.05) is 39.3 Å². The maximum Gasteiger partial charge on any atom is 0.165 e. The molecule has 2 aromatic rings. The Kier molecular flexibility index (Phi) is 7.94. The highest BCUT2D eigenvalue weighted by molar-refractivity contribution is 6.43. The number of hydrogen-bond donors (Lipinski definition) is 0. The van der Waals surface area contributed by atoms with Crippen molar-refractivity contribution in [2.45, 2.75) is 25.8 Å². The molecule has 4 nitrogen and oxygen atoms in total. The van der Waals surface area contributed by atoms with Gasteiger partial charge in [0.05, 0.1) is 22.3 Å². The van der Waals surface area contributed by atoms with Gasteiger partial charge in [-0.3, -0.25) is 9.80 Å². The maximum absolute atomic E-state index is 14.4. The first-order valence-electron chi connectivity index (χ1n) is 11.1. The second kappa shape index (κ2) is 10.9. The number of piperazine rings is 1. The van der Waals surface area contributed by atoms with E-state index in [-0.39, 0.29) is 5.82 Å². The molecule has 2 aliphatic rings. The van der Waals surface area contributed by atoms with Crippen molar-refractivity contribution in [1.82, 2.24) is 9.80 Å². The van der Waals surface area contributed by atoms with Gasteiger partial charge in [0.15, 0.2) is 11.6 Å². The lowest BCUT2D eigenvalue weighted by molar-refractivity contribution is 0.221. The Morgan fingerprint density at radius 3 is 2.42 bits per heavy atom. The van der Waals surface area contributed by atoms with Crippen molar-refractivity contribution in [3.05, 3.63) is 57.8 Å². The predicted octanol–water partition coefficient (Wildman–Crippen LogP) is 5.32. The van der Waals surface area contributed by atoms with E-state index in [9.17, 15) is 4.39 Å². The first kappa shape index (κ1) is 22.7. The van der Waals surface area contributed by atoms with Gasteiger partial charge in [-0.25, -0.2) is 4.39 Å². The minimum Gasteiger partial charge on any atom is -0.490 e. The highest BCUT2D eigenvalue weighted by atomic mass is 35.5. The van der Waals surface area contributed by atoms with Gasteiger partial charge in [-0.1, -0.05) is 35.3 Å². The standard InChI is InChI=1S/C24H30Cl2FN3O/c25-20-5-3-6-22(24(20)26)30-14-12-28(13-15-30)11-4-16-31-23-8-7-19(17-21(23)27)18-29-9-1-2-10-29/h3,5-8,17H,1-2,4,9-16,18H2. The summed E-state index contributed by atoms with van der Waals surface area (Å²) in [6, 6.07) is 11.1. The minimum absolute atomic E-state index is 0.260. The van der Waals surface area contributed by atoms with Crippen molar-refractivity contribution in [2.24, 2.45) is 0 Å². The van der Waals surface area contributed by atoms with Gasteiger partial charge in [0.25, 0.3) is 0 Å². The third kappa shape index (κ3) is 6.04. The molecular formula is C24H30Cl2FN3O. The molecule has 0 spiro atoms. The van der Waals surface area contributed by atoms with Gasteiger partial charge in [0.2, 0.25) is 0 Å². The zero-order valence-electron chi connectivity index (χ0n) is 17.8. The molecule has 0 bridgehead atoms. The molecular weight excluding hydrogens is 436 g/mol. The van der Waals surface area contributed by atoms with E-state index in [0.717, 1.165) is 70.0 Å². The summed E-state index contributed by atoms with van der Waals surface area (Å²) in [5, 5.41) is 1.22. The van der Waals surface area contributed by atoms with Crippen LogP contribution in [0.3, 0.4) is 0 Å². The zero-order chi connectivity index (χ0) is 21.6. The van der Waals surface area contributed by atoms with Gasteiger partial charge < -0.3 is 9.64 Å². The summed E-state index contributed by atoms with van der Waals surface area (Å²) in [6.45, 7) is 8.24. The zero-order valence-corrected chi connectivity index (χ0v) is 19.3. The Morgan fingerprint density at radius 1 is 0.903 bits per heavy atom. The van der Waals surface area contributed by atoms with E-state index < -0.39 is 0 Å². The highest BCUT2D eigenvalue weighted by Crippen LogP contribution is 2.32. The largest absolute Gasteiger partial charge is 0.490 e. The maximum atomic E-state index is 14.4. The van der Waals surface area contributed by atoms with E-state index in [1.54, 1.807) is 12.1 Å². The molecule has 7 heteroatoms. The molecule has 0 radical (unpaired) electrons. The van der Waals surface area contributed by atoms with E-state index >= 15 is 0 Å². The van der Waals surface area contributed by atoms with Crippen molar-refractivity contribution in [2.75, 3.05) is 57.3 Å². The quantitative estimate of drug-likeness (QED) is 0.491. The molecule has 2 aromatic carbocycles. The van der Waals surface area contributed by atoms with Crippen molar-refractivity contribution in [3.8, 4) is 5.75 Å². The molecule has 4 rings (SSSR count). The van der Waals surface area contributed by atoms with E-state index in [1.807, 2.05) is 24.3 Å². The summed E-state index contributed by atoms with van der Waals surface area (Å²) in [5.41, 5.74) is 2.02. The van der Waals surface area contributed by atoms with E-state index in [1.165, 1.54) is 12.8 Å². The molecule has 2 aliphatic heterocycles. The lowest BCUT2D eigenvalue weighted by atomic mass is 10.2. The molecule has 0 saturated carbocycles. The summed E-state index contributed by atoms with van der Waals surface area (Å²) >= 11 is 12.5. The number of anilines is 1. The molecule has 2 heterocycles. The first-order valence-corrected chi connectivity index (χ1v) is 11.9. The fourth-order valence-corrected chi connectivity index (χ4v) is 4.79. The number of benzene rings is 2. The molecule has 31 heavy (non-hydrogen) atoms. The first-order chi connectivity index (χ1) is 15.1.